The van der Waals surface area contributed by atoms with Gasteiger partial charge in [0.1, 0.15) is 15.7 Å². The molecule has 4 rings (SSSR count). The van der Waals surface area contributed by atoms with Crippen LogP contribution >= 0.6 is 23.1 Å². The molecule has 0 bridgehead atoms. The van der Waals surface area contributed by atoms with Gasteiger partial charge in [-0.3, -0.25) is 4.79 Å². The summed E-state index contributed by atoms with van der Waals surface area (Å²) in [5.74, 6) is 0.800. The first kappa shape index (κ1) is 21.5. The summed E-state index contributed by atoms with van der Waals surface area (Å²) in [5, 5.41) is 1.67. The first-order chi connectivity index (χ1) is 14.9. The minimum absolute atomic E-state index is 0.0640. The second-order valence-corrected chi connectivity index (χ2v) is 10.1. The van der Waals surface area contributed by atoms with Crippen LogP contribution in [0.5, 0.6) is 0 Å². The number of aromatic nitrogens is 2. The molecule has 4 nitrogen and oxygen atoms in total. The maximum absolute atomic E-state index is 13.6. The molecular weight excluding hydrogens is 422 g/mol. The molecule has 0 aliphatic heterocycles. The van der Waals surface area contributed by atoms with E-state index in [2.05, 4.69) is 31.0 Å². The van der Waals surface area contributed by atoms with Crippen molar-refractivity contribution in [1.29, 1.82) is 0 Å². The van der Waals surface area contributed by atoms with Crippen LogP contribution in [0.1, 0.15) is 28.8 Å². The molecule has 2 heterocycles. The number of amides is 1. The Labute approximate surface area is 191 Å². The van der Waals surface area contributed by atoms with Gasteiger partial charge in [-0.15, -0.1) is 11.3 Å². The van der Waals surface area contributed by atoms with Crippen LogP contribution in [0.15, 0.2) is 65.7 Å². The Morgan fingerprint density at radius 3 is 2.32 bits per heavy atom. The van der Waals surface area contributed by atoms with Crippen molar-refractivity contribution in [3.8, 4) is 0 Å². The molecule has 0 fully saturated rings. The van der Waals surface area contributed by atoms with Gasteiger partial charge in [0.25, 0.3) is 0 Å². The number of aryl methyl sites for hydroxylation is 3. The number of hydrogen-bond donors (Lipinski definition) is 0. The van der Waals surface area contributed by atoms with Gasteiger partial charge < -0.3 is 4.90 Å². The summed E-state index contributed by atoms with van der Waals surface area (Å²) < 4.78 is 0. The number of anilines is 1. The fourth-order valence-corrected chi connectivity index (χ4v) is 5.76. The van der Waals surface area contributed by atoms with E-state index in [9.17, 15) is 4.79 Å². The molecule has 2 aromatic carbocycles. The summed E-state index contributed by atoms with van der Waals surface area (Å²) in [5.41, 5.74) is 3.20. The van der Waals surface area contributed by atoms with Crippen LogP contribution < -0.4 is 4.90 Å². The molecule has 0 N–H and O–H groups in total. The van der Waals surface area contributed by atoms with Crippen molar-refractivity contribution in [2.75, 3.05) is 4.90 Å². The lowest BCUT2D eigenvalue weighted by Gasteiger charge is -2.26. The summed E-state index contributed by atoms with van der Waals surface area (Å²) in [4.78, 5) is 27.0. The van der Waals surface area contributed by atoms with Gasteiger partial charge in [0.05, 0.1) is 11.8 Å². The van der Waals surface area contributed by atoms with E-state index in [0.717, 1.165) is 32.3 Å². The maximum atomic E-state index is 13.6. The number of rotatable bonds is 6. The van der Waals surface area contributed by atoms with Crippen molar-refractivity contribution in [2.45, 2.75) is 44.5 Å². The van der Waals surface area contributed by atoms with Gasteiger partial charge >= 0.3 is 0 Å². The van der Waals surface area contributed by atoms with Crippen LogP contribution in [0, 0.1) is 20.8 Å². The third-order valence-corrected chi connectivity index (χ3v) is 7.44. The highest BCUT2D eigenvalue weighted by molar-refractivity contribution is 8.00. The standard InChI is InChI=1S/C25H25N3OS2/c1-16-17(2)30-23-22(16)24(27-19(4)26-23)31-18(3)25(29)28(21-13-9-6-10-14-21)15-20-11-7-5-8-12-20/h5-14,18H,15H2,1-4H3. The van der Waals surface area contributed by atoms with Crippen LogP contribution in [-0.4, -0.2) is 21.1 Å². The molecule has 4 aromatic rings. The zero-order chi connectivity index (χ0) is 22.0. The van der Waals surface area contributed by atoms with Crippen molar-refractivity contribution in [3.05, 3.63) is 82.5 Å². The van der Waals surface area contributed by atoms with E-state index in [-0.39, 0.29) is 11.2 Å². The monoisotopic (exact) mass is 447 g/mol. The average Bonchev–Trinajstić information content (AvgIpc) is 3.06. The SMILES string of the molecule is Cc1nc(SC(C)C(=O)N(Cc2ccccc2)c2ccccc2)c2c(C)c(C)sc2n1. The summed E-state index contributed by atoms with van der Waals surface area (Å²) in [7, 11) is 0. The second-order valence-electron chi connectivity index (χ2n) is 7.54. The van der Waals surface area contributed by atoms with Gasteiger partial charge in [-0.1, -0.05) is 60.3 Å². The highest BCUT2D eigenvalue weighted by atomic mass is 32.2. The van der Waals surface area contributed by atoms with E-state index in [4.69, 9.17) is 4.98 Å². The molecule has 158 valence electrons. The Hall–Kier alpha value is -2.70. The smallest absolute Gasteiger partial charge is 0.240 e. The first-order valence-corrected chi connectivity index (χ1v) is 11.9. The van der Waals surface area contributed by atoms with Gasteiger partial charge in [0.2, 0.25) is 5.91 Å². The Morgan fingerprint density at radius 2 is 1.65 bits per heavy atom. The van der Waals surface area contributed by atoms with E-state index < -0.39 is 0 Å². The molecular formula is C25H25N3OS2. The summed E-state index contributed by atoms with van der Waals surface area (Å²) in [6.07, 6.45) is 0. The third-order valence-electron chi connectivity index (χ3n) is 5.26. The summed E-state index contributed by atoms with van der Waals surface area (Å²) in [6, 6.07) is 20.0. The lowest BCUT2D eigenvalue weighted by molar-refractivity contribution is -0.118. The molecule has 2 aromatic heterocycles. The van der Waals surface area contributed by atoms with Crippen LogP contribution in [0.3, 0.4) is 0 Å². The molecule has 0 radical (unpaired) electrons. The number of fused-ring (bicyclic) bond motifs is 1. The number of benzene rings is 2. The minimum atomic E-state index is -0.291. The fraction of sp³-hybridized carbons (Fsp3) is 0.240. The zero-order valence-electron chi connectivity index (χ0n) is 18.1. The third kappa shape index (κ3) is 4.65. The molecule has 0 spiro atoms. The van der Waals surface area contributed by atoms with Crippen molar-refractivity contribution in [3.63, 3.8) is 0 Å². The largest absolute Gasteiger partial charge is 0.307 e. The Morgan fingerprint density at radius 1 is 1.00 bits per heavy atom. The van der Waals surface area contributed by atoms with Gasteiger partial charge in [0.15, 0.2) is 0 Å². The first-order valence-electron chi connectivity index (χ1n) is 10.3. The number of para-hydroxylation sites is 1. The van der Waals surface area contributed by atoms with Gasteiger partial charge in [-0.2, -0.15) is 0 Å². The van der Waals surface area contributed by atoms with Crippen molar-refractivity contribution < 1.29 is 4.79 Å². The molecule has 0 saturated carbocycles. The number of carbonyl (C=O) groups excluding carboxylic acids is 1. The van der Waals surface area contributed by atoms with Crippen LogP contribution in [0.4, 0.5) is 5.69 Å². The predicted molar refractivity (Wildman–Crippen MR) is 131 cm³/mol. The van der Waals surface area contributed by atoms with Crippen molar-refractivity contribution in [2.24, 2.45) is 0 Å². The van der Waals surface area contributed by atoms with Gasteiger partial charge in [0, 0.05) is 16.0 Å². The normalized spacial score (nSPS) is 12.1. The molecule has 0 aliphatic carbocycles. The number of thioether (sulfide) groups is 1. The van der Waals surface area contributed by atoms with Gasteiger partial charge in [-0.25, -0.2) is 9.97 Å². The lowest BCUT2D eigenvalue weighted by Crippen LogP contribution is -2.36. The van der Waals surface area contributed by atoms with E-state index in [1.807, 2.05) is 67.3 Å². The Balaban J connectivity index is 1.65. The molecule has 0 saturated heterocycles. The van der Waals surface area contributed by atoms with E-state index in [1.54, 1.807) is 11.3 Å². The number of nitrogens with zero attached hydrogens (tertiary/aromatic N) is 3. The predicted octanol–water partition coefficient (Wildman–Crippen LogP) is 6.33. The number of thiophene rings is 1. The maximum Gasteiger partial charge on any atom is 0.240 e. The fourth-order valence-electron chi connectivity index (χ4n) is 3.51. The highest BCUT2D eigenvalue weighted by Gasteiger charge is 2.25. The van der Waals surface area contributed by atoms with Gasteiger partial charge in [-0.05, 0) is 51.0 Å². The molecule has 1 atom stereocenters. The average molecular weight is 448 g/mol. The zero-order valence-corrected chi connectivity index (χ0v) is 19.8. The van der Waals surface area contributed by atoms with E-state index >= 15 is 0 Å². The molecule has 31 heavy (non-hydrogen) atoms. The minimum Gasteiger partial charge on any atom is -0.307 e. The van der Waals surface area contributed by atoms with E-state index in [0.29, 0.717) is 6.54 Å². The quantitative estimate of drug-likeness (QED) is 0.256. The second kappa shape index (κ2) is 9.20. The summed E-state index contributed by atoms with van der Waals surface area (Å²) >= 11 is 3.21. The molecule has 1 amide bonds. The topological polar surface area (TPSA) is 46.1 Å². The molecule has 0 aliphatic rings. The Bertz CT molecular complexity index is 1210. The summed E-state index contributed by atoms with van der Waals surface area (Å²) in [6.45, 7) is 8.62. The van der Waals surface area contributed by atoms with Crippen molar-refractivity contribution in [1.82, 2.24) is 9.97 Å². The van der Waals surface area contributed by atoms with Crippen LogP contribution in [-0.2, 0) is 11.3 Å². The highest BCUT2D eigenvalue weighted by Crippen LogP contribution is 2.37. The van der Waals surface area contributed by atoms with Crippen molar-refractivity contribution >= 4 is 44.9 Å². The lowest BCUT2D eigenvalue weighted by atomic mass is 10.2. The molecule has 6 heteroatoms. The van der Waals surface area contributed by atoms with Crippen LogP contribution in [0.2, 0.25) is 0 Å². The number of carbonyl (C=O) groups is 1. The van der Waals surface area contributed by atoms with Crippen LogP contribution in [0.25, 0.3) is 10.2 Å². The van der Waals surface area contributed by atoms with E-state index in [1.165, 1.54) is 22.2 Å². The number of hydrogen-bond acceptors (Lipinski definition) is 5. The molecule has 1 unspecified atom stereocenters. The Kier molecular flexibility index (Phi) is 6.39.